The molecule has 1 unspecified atom stereocenters. The van der Waals surface area contributed by atoms with E-state index in [2.05, 4.69) is 10.3 Å². The van der Waals surface area contributed by atoms with Gasteiger partial charge in [0.1, 0.15) is 4.90 Å². The molecule has 0 saturated carbocycles. The Labute approximate surface area is 106 Å². The fourth-order valence-electron chi connectivity index (χ4n) is 2.04. The quantitative estimate of drug-likeness (QED) is 0.619. The lowest BCUT2D eigenvalue weighted by Gasteiger charge is -2.30. The van der Waals surface area contributed by atoms with Crippen LogP contribution in [0.2, 0.25) is 0 Å². The molecule has 0 bridgehead atoms. The number of oxime groups is 1. The highest BCUT2D eigenvalue weighted by molar-refractivity contribution is 7.89. The van der Waals surface area contributed by atoms with Crippen molar-refractivity contribution in [2.24, 2.45) is 18.1 Å². The highest BCUT2D eigenvalue weighted by Gasteiger charge is 2.32. The third-order valence-corrected chi connectivity index (χ3v) is 4.93. The Bertz CT molecular complexity index is 563. The molecule has 18 heavy (non-hydrogen) atoms. The Morgan fingerprint density at radius 2 is 2.28 bits per heavy atom. The van der Waals surface area contributed by atoms with Crippen LogP contribution in [-0.4, -0.2) is 46.5 Å². The molecule has 1 aromatic rings. The molecule has 1 aliphatic heterocycles. The molecule has 0 radical (unpaired) electrons. The van der Waals surface area contributed by atoms with Gasteiger partial charge in [-0.3, -0.25) is 4.68 Å². The standard InChI is InChI=1S/C10H16N4O3S/c1-8-6-14(4-3-10(8)12-15)18(16,17)9-5-11-13(2)7-9/h5,7-8,15H,3-4,6H2,1-2H3. The van der Waals surface area contributed by atoms with Crippen LogP contribution >= 0.6 is 0 Å². The zero-order chi connectivity index (χ0) is 13.3. The van der Waals surface area contributed by atoms with Gasteiger partial charge in [0.25, 0.3) is 0 Å². The number of piperidine rings is 1. The van der Waals surface area contributed by atoms with Crippen LogP contribution in [-0.2, 0) is 17.1 Å². The van der Waals surface area contributed by atoms with Crippen molar-refractivity contribution in [2.75, 3.05) is 13.1 Å². The van der Waals surface area contributed by atoms with Crippen LogP contribution in [0.25, 0.3) is 0 Å². The molecule has 1 fully saturated rings. The van der Waals surface area contributed by atoms with Crippen LogP contribution in [0.5, 0.6) is 0 Å². The molecule has 0 aromatic carbocycles. The second kappa shape index (κ2) is 4.69. The summed E-state index contributed by atoms with van der Waals surface area (Å²) in [6.07, 6.45) is 3.28. The maximum atomic E-state index is 12.3. The normalized spacial score (nSPS) is 24.6. The largest absolute Gasteiger partial charge is 0.411 e. The Hall–Kier alpha value is -1.41. The topological polar surface area (TPSA) is 87.8 Å². The van der Waals surface area contributed by atoms with E-state index in [1.165, 1.54) is 21.4 Å². The van der Waals surface area contributed by atoms with Gasteiger partial charge in [-0.25, -0.2) is 8.42 Å². The van der Waals surface area contributed by atoms with Gasteiger partial charge < -0.3 is 5.21 Å². The van der Waals surface area contributed by atoms with Crippen LogP contribution in [0.1, 0.15) is 13.3 Å². The number of rotatable bonds is 2. The van der Waals surface area contributed by atoms with Crippen LogP contribution in [0, 0.1) is 5.92 Å². The lowest BCUT2D eigenvalue weighted by Crippen LogP contribution is -2.43. The molecule has 1 N–H and O–H groups in total. The van der Waals surface area contributed by atoms with Gasteiger partial charge in [-0.05, 0) is 0 Å². The Kier molecular flexibility index (Phi) is 3.40. The van der Waals surface area contributed by atoms with Crippen LogP contribution < -0.4 is 0 Å². The van der Waals surface area contributed by atoms with Crippen molar-refractivity contribution in [3.8, 4) is 0 Å². The van der Waals surface area contributed by atoms with Gasteiger partial charge in [-0.2, -0.15) is 9.40 Å². The number of hydrogen-bond acceptors (Lipinski definition) is 5. The van der Waals surface area contributed by atoms with Crippen molar-refractivity contribution in [3.05, 3.63) is 12.4 Å². The summed E-state index contributed by atoms with van der Waals surface area (Å²) in [7, 11) is -1.82. The molecule has 1 saturated heterocycles. The SMILES string of the molecule is CC1CN(S(=O)(=O)c2cnn(C)c2)CCC1=NO. The maximum absolute atomic E-state index is 12.3. The van der Waals surface area contributed by atoms with Crippen molar-refractivity contribution < 1.29 is 13.6 Å². The van der Waals surface area contributed by atoms with Crippen LogP contribution in [0.3, 0.4) is 0 Å². The minimum atomic E-state index is -3.49. The smallest absolute Gasteiger partial charge is 0.246 e. The zero-order valence-electron chi connectivity index (χ0n) is 10.3. The first-order valence-corrected chi connectivity index (χ1v) is 7.08. The van der Waals surface area contributed by atoms with Crippen molar-refractivity contribution >= 4 is 15.7 Å². The number of aromatic nitrogens is 2. The van der Waals surface area contributed by atoms with Crippen molar-refractivity contribution in [2.45, 2.75) is 18.2 Å². The fourth-order valence-corrected chi connectivity index (χ4v) is 3.55. The highest BCUT2D eigenvalue weighted by atomic mass is 32.2. The van der Waals surface area contributed by atoms with E-state index in [1.54, 1.807) is 7.05 Å². The number of hydrogen-bond donors (Lipinski definition) is 1. The number of aryl methyl sites for hydroxylation is 1. The van der Waals surface area contributed by atoms with Crippen molar-refractivity contribution in [1.29, 1.82) is 0 Å². The summed E-state index contributed by atoms with van der Waals surface area (Å²) in [6.45, 7) is 2.51. The highest BCUT2D eigenvalue weighted by Crippen LogP contribution is 2.21. The molecule has 1 atom stereocenters. The summed E-state index contributed by atoms with van der Waals surface area (Å²) in [5, 5.41) is 15.9. The monoisotopic (exact) mass is 272 g/mol. The Morgan fingerprint density at radius 3 is 2.78 bits per heavy atom. The second-order valence-corrected chi connectivity index (χ2v) is 6.39. The van der Waals surface area contributed by atoms with E-state index in [9.17, 15) is 8.42 Å². The zero-order valence-corrected chi connectivity index (χ0v) is 11.1. The molecular formula is C10H16N4O3S. The maximum Gasteiger partial charge on any atom is 0.246 e. The summed E-state index contributed by atoms with van der Waals surface area (Å²) in [5.41, 5.74) is 0.646. The molecule has 0 amide bonds. The summed E-state index contributed by atoms with van der Waals surface area (Å²) in [5.74, 6) is -0.0739. The van der Waals surface area contributed by atoms with E-state index < -0.39 is 10.0 Å². The molecular weight excluding hydrogens is 256 g/mol. The average Bonchev–Trinajstić information content (AvgIpc) is 2.76. The lowest BCUT2D eigenvalue weighted by molar-refractivity contribution is 0.300. The van der Waals surface area contributed by atoms with Crippen molar-refractivity contribution in [1.82, 2.24) is 14.1 Å². The molecule has 7 nitrogen and oxygen atoms in total. The van der Waals surface area contributed by atoms with E-state index in [1.807, 2.05) is 6.92 Å². The van der Waals surface area contributed by atoms with Crippen molar-refractivity contribution in [3.63, 3.8) is 0 Å². The summed E-state index contributed by atoms with van der Waals surface area (Å²) in [4.78, 5) is 0.196. The predicted octanol–water partition coefficient (Wildman–Crippen LogP) is 0.281. The summed E-state index contributed by atoms with van der Waals surface area (Å²) < 4.78 is 27.5. The van der Waals surface area contributed by atoms with Gasteiger partial charge in [0.15, 0.2) is 0 Å². The molecule has 2 heterocycles. The van der Waals surface area contributed by atoms with Gasteiger partial charge in [0.05, 0.1) is 11.9 Å². The average molecular weight is 272 g/mol. The predicted molar refractivity (Wildman–Crippen MR) is 65.0 cm³/mol. The minimum Gasteiger partial charge on any atom is -0.411 e. The van der Waals surface area contributed by atoms with E-state index in [0.29, 0.717) is 25.2 Å². The number of nitrogens with zero attached hydrogens (tertiary/aromatic N) is 4. The van der Waals surface area contributed by atoms with Gasteiger partial charge >= 0.3 is 0 Å². The van der Waals surface area contributed by atoms with Crippen LogP contribution in [0.15, 0.2) is 22.4 Å². The molecule has 8 heteroatoms. The summed E-state index contributed by atoms with van der Waals surface area (Å²) in [6, 6.07) is 0. The Morgan fingerprint density at radius 1 is 1.56 bits per heavy atom. The van der Waals surface area contributed by atoms with E-state index in [-0.39, 0.29) is 10.8 Å². The Balaban J connectivity index is 2.23. The first kappa shape index (κ1) is 13.0. The molecule has 0 aliphatic carbocycles. The first-order valence-electron chi connectivity index (χ1n) is 5.64. The first-order chi connectivity index (χ1) is 8.45. The lowest BCUT2D eigenvalue weighted by atomic mass is 10.00. The molecule has 2 rings (SSSR count). The van der Waals surface area contributed by atoms with Crippen LogP contribution in [0.4, 0.5) is 0 Å². The third kappa shape index (κ3) is 2.25. The third-order valence-electron chi connectivity index (χ3n) is 3.11. The van der Waals surface area contributed by atoms with Gasteiger partial charge in [0, 0.05) is 38.7 Å². The second-order valence-electron chi connectivity index (χ2n) is 4.46. The minimum absolute atomic E-state index is 0.0739. The molecule has 1 aliphatic rings. The van der Waals surface area contributed by atoms with E-state index in [4.69, 9.17) is 5.21 Å². The number of sulfonamides is 1. The van der Waals surface area contributed by atoms with Gasteiger partial charge in [-0.15, -0.1) is 0 Å². The fraction of sp³-hybridized carbons (Fsp3) is 0.600. The molecule has 1 aromatic heterocycles. The van der Waals surface area contributed by atoms with E-state index in [0.717, 1.165) is 0 Å². The molecule has 0 spiro atoms. The summed E-state index contributed by atoms with van der Waals surface area (Å²) >= 11 is 0. The van der Waals surface area contributed by atoms with Gasteiger partial charge in [0.2, 0.25) is 10.0 Å². The van der Waals surface area contributed by atoms with Gasteiger partial charge in [-0.1, -0.05) is 12.1 Å². The molecule has 100 valence electrons. The van der Waals surface area contributed by atoms with E-state index >= 15 is 0 Å².